The SMILES string of the molecule is N#Cc1cn2c3c(c(N[C@H]4CC[C@H](c5ccccn5)C4)c(F)c(N)c3c1=O)OCC21CC1. The fourth-order valence-corrected chi connectivity index (χ4v) is 5.28. The van der Waals surface area contributed by atoms with Crippen LogP contribution in [0.25, 0.3) is 10.9 Å². The van der Waals surface area contributed by atoms with Gasteiger partial charge in [0, 0.05) is 30.0 Å². The minimum atomic E-state index is -0.695. The number of nitrogen functional groups attached to an aromatic ring is 1. The summed E-state index contributed by atoms with van der Waals surface area (Å²) in [4.78, 5) is 17.4. The summed E-state index contributed by atoms with van der Waals surface area (Å²) in [6.07, 6.45) is 7.76. The van der Waals surface area contributed by atoms with Crippen molar-refractivity contribution in [3.63, 3.8) is 0 Å². The minimum absolute atomic E-state index is 0.0302. The van der Waals surface area contributed by atoms with E-state index in [0.717, 1.165) is 37.8 Å². The highest BCUT2D eigenvalue weighted by atomic mass is 19.1. The van der Waals surface area contributed by atoms with Crippen molar-refractivity contribution in [3.05, 3.63) is 57.9 Å². The van der Waals surface area contributed by atoms with Crippen LogP contribution in [0.2, 0.25) is 0 Å². The molecule has 0 radical (unpaired) electrons. The molecule has 3 heterocycles. The van der Waals surface area contributed by atoms with Gasteiger partial charge in [0.2, 0.25) is 5.43 Å². The van der Waals surface area contributed by atoms with Crippen molar-refractivity contribution in [3.8, 4) is 11.8 Å². The van der Waals surface area contributed by atoms with Gasteiger partial charge < -0.3 is 20.4 Å². The molecule has 1 aliphatic heterocycles. The summed E-state index contributed by atoms with van der Waals surface area (Å²) >= 11 is 0. The second-order valence-corrected chi connectivity index (χ2v) is 9.13. The Balaban J connectivity index is 1.46. The van der Waals surface area contributed by atoms with Gasteiger partial charge in [0.15, 0.2) is 11.6 Å². The smallest absolute Gasteiger partial charge is 0.209 e. The first kappa shape index (κ1) is 19.1. The van der Waals surface area contributed by atoms with Crippen molar-refractivity contribution in [1.82, 2.24) is 9.55 Å². The molecule has 2 aromatic heterocycles. The Hall–Kier alpha value is -3.60. The maximum Gasteiger partial charge on any atom is 0.209 e. The Labute approximate surface area is 183 Å². The number of hydrogen-bond acceptors (Lipinski definition) is 6. The lowest BCUT2D eigenvalue weighted by Crippen LogP contribution is -2.33. The molecule has 0 unspecified atom stereocenters. The molecule has 2 saturated carbocycles. The van der Waals surface area contributed by atoms with Crippen LogP contribution in [0.5, 0.6) is 5.75 Å². The van der Waals surface area contributed by atoms with E-state index >= 15 is 4.39 Å². The van der Waals surface area contributed by atoms with Crippen molar-refractivity contribution in [1.29, 1.82) is 5.26 Å². The number of halogens is 1. The number of anilines is 2. The molecule has 0 amide bonds. The molecule has 3 N–H and O–H groups in total. The molecule has 2 fully saturated rings. The van der Waals surface area contributed by atoms with Gasteiger partial charge in [-0.1, -0.05) is 6.07 Å². The van der Waals surface area contributed by atoms with Gasteiger partial charge in [-0.25, -0.2) is 4.39 Å². The first-order valence-electron chi connectivity index (χ1n) is 10.9. The highest BCUT2D eigenvalue weighted by Crippen LogP contribution is 2.53. The van der Waals surface area contributed by atoms with E-state index in [1.54, 1.807) is 12.4 Å². The normalized spacial score (nSPS) is 22.5. The summed E-state index contributed by atoms with van der Waals surface area (Å²) in [7, 11) is 0. The van der Waals surface area contributed by atoms with E-state index in [-0.39, 0.29) is 33.9 Å². The highest BCUT2D eigenvalue weighted by molar-refractivity contribution is 6.01. The van der Waals surface area contributed by atoms with Crippen molar-refractivity contribution in [2.24, 2.45) is 0 Å². The molecular formula is C24H22FN5O2. The summed E-state index contributed by atoms with van der Waals surface area (Å²) in [6.45, 7) is 0.377. The molecule has 8 heteroatoms. The standard InChI is InChI=1S/C24H22FN5O2/c25-18-19(27)17-21-23(32-12-24(6-7-24)30(21)11-14(10-26)22(17)31)20(18)29-15-5-4-13(9-15)16-3-1-2-8-28-16/h1-3,8,11,13,15,29H,4-7,9,12,27H2/t13-,15-/m0/s1. The van der Waals surface area contributed by atoms with Crippen LogP contribution >= 0.6 is 0 Å². The fraction of sp³-hybridized carbons (Fsp3) is 0.375. The lowest BCUT2D eigenvalue weighted by molar-refractivity contribution is 0.221. The van der Waals surface area contributed by atoms with Crippen molar-refractivity contribution in [2.75, 3.05) is 17.7 Å². The number of nitrogens with one attached hydrogen (secondary N) is 1. The number of nitrogens with zero attached hydrogens (tertiary/aromatic N) is 3. The van der Waals surface area contributed by atoms with Crippen molar-refractivity contribution >= 4 is 22.3 Å². The Bertz CT molecular complexity index is 1360. The number of hydrogen-bond donors (Lipinski definition) is 2. The number of benzene rings is 1. The Kier molecular flexibility index (Phi) is 4.00. The summed E-state index contributed by atoms with van der Waals surface area (Å²) in [6, 6.07) is 7.87. The quantitative estimate of drug-likeness (QED) is 0.614. The summed E-state index contributed by atoms with van der Waals surface area (Å²) in [5, 5.41) is 12.8. The number of nitrogens with two attached hydrogens (primary N) is 1. The Morgan fingerprint density at radius 2 is 2.19 bits per heavy atom. The van der Waals surface area contributed by atoms with Gasteiger partial charge in [0.25, 0.3) is 0 Å². The molecule has 6 rings (SSSR count). The molecule has 3 aliphatic rings. The number of ether oxygens (including phenoxy) is 1. The maximum absolute atomic E-state index is 15.5. The van der Waals surface area contributed by atoms with E-state index in [1.165, 1.54) is 0 Å². The number of nitriles is 1. The van der Waals surface area contributed by atoms with Crippen LogP contribution < -0.4 is 21.2 Å². The van der Waals surface area contributed by atoms with E-state index in [2.05, 4.69) is 10.3 Å². The van der Waals surface area contributed by atoms with Crippen molar-refractivity contribution < 1.29 is 9.13 Å². The summed E-state index contributed by atoms with van der Waals surface area (Å²) in [5.41, 5.74) is 6.78. The van der Waals surface area contributed by atoms with E-state index < -0.39 is 11.2 Å². The van der Waals surface area contributed by atoms with Crippen LogP contribution in [-0.2, 0) is 5.54 Å². The van der Waals surface area contributed by atoms with Gasteiger partial charge in [0.05, 0.1) is 22.1 Å². The lowest BCUT2D eigenvalue weighted by Gasteiger charge is -2.32. The molecule has 0 saturated heterocycles. The molecule has 1 aromatic carbocycles. The largest absolute Gasteiger partial charge is 0.487 e. The van der Waals surface area contributed by atoms with Gasteiger partial charge in [-0.3, -0.25) is 9.78 Å². The van der Waals surface area contributed by atoms with Gasteiger partial charge in [0.1, 0.15) is 23.9 Å². The van der Waals surface area contributed by atoms with E-state index in [1.807, 2.05) is 28.8 Å². The van der Waals surface area contributed by atoms with Gasteiger partial charge in [-0.2, -0.15) is 5.26 Å². The van der Waals surface area contributed by atoms with Crippen LogP contribution in [0.3, 0.4) is 0 Å². The molecular weight excluding hydrogens is 409 g/mol. The molecule has 162 valence electrons. The average molecular weight is 431 g/mol. The average Bonchev–Trinajstić information content (AvgIpc) is 3.43. The topological polar surface area (TPSA) is 106 Å². The number of rotatable bonds is 3. The predicted molar refractivity (Wildman–Crippen MR) is 118 cm³/mol. The molecule has 1 spiro atoms. The number of fused-ring (bicyclic) bond motifs is 1. The van der Waals surface area contributed by atoms with Crippen LogP contribution in [0, 0.1) is 17.1 Å². The molecule has 2 aliphatic carbocycles. The summed E-state index contributed by atoms with van der Waals surface area (Å²) < 4.78 is 23.5. The first-order chi connectivity index (χ1) is 15.5. The zero-order valence-corrected chi connectivity index (χ0v) is 17.4. The molecule has 32 heavy (non-hydrogen) atoms. The van der Waals surface area contributed by atoms with Crippen molar-refractivity contribution in [2.45, 2.75) is 49.6 Å². The van der Waals surface area contributed by atoms with Gasteiger partial charge >= 0.3 is 0 Å². The second kappa shape index (κ2) is 6.70. The van der Waals surface area contributed by atoms with Gasteiger partial charge in [-0.05, 0) is 44.2 Å². The van der Waals surface area contributed by atoms with Crippen LogP contribution in [-0.4, -0.2) is 22.2 Å². The fourth-order valence-electron chi connectivity index (χ4n) is 5.28. The minimum Gasteiger partial charge on any atom is -0.487 e. The second-order valence-electron chi connectivity index (χ2n) is 9.13. The first-order valence-corrected chi connectivity index (χ1v) is 10.9. The van der Waals surface area contributed by atoms with Crippen LogP contribution in [0.15, 0.2) is 35.4 Å². The molecule has 2 atom stereocenters. The monoisotopic (exact) mass is 431 g/mol. The molecule has 7 nitrogen and oxygen atoms in total. The highest BCUT2D eigenvalue weighted by Gasteiger charge is 2.49. The van der Waals surface area contributed by atoms with Crippen LogP contribution in [0.1, 0.15) is 49.3 Å². The third-order valence-electron chi connectivity index (χ3n) is 7.21. The maximum atomic E-state index is 15.5. The molecule has 0 bridgehead atoms. The van der Waals surface area contributed by atoms with E-state index in [9.17, 15) is 10.1 Å². The lowest BCUT2D eigenvalue weighted by atomic mass is 10.0. The van der Waals surface area contributed by atoms with Gasteiger partial charge in [-0.15, -0.1) is 0 Å². The molecule has 3 aromatic rings. The Morgan fingerprint density at radius 1 is 1.34 bits per heavy atom. The van der Waals surface area contributed by atoms with Crippen LogP contribution in [0.4, 0.5) is 15.8 Å². The number of pyridine rings is 2. The van der Waals surface area contributed by atoms with E-state index in [4.69, 9.17) is 10.5 Å². The zero-order valence-electron chi connectivity index (χ0n) is 17.4. The summed E-state index contributed by atoms with van der Waals surface area (Å²) in [5.74, 6) is -0.0793. The Morgan fingerprint density at radius 3 is 2.91 bits per heavy atom. The number of aromatic nitrogens is 2. The third kappa shape index (κ3) is 2.63. The predicted octanol–water partition coefficient (Wildman–Crippen LogP) is 3.62. The zero-order chi connectivity index (χ0) is 22.0. The third-order valence-corrected chi connectivity index (χ3v) is 7.21. The van der Waals surface area contributed by atoms with E-state index in [0.29, 0.717) is 23.8 Å².